The molecule has 0 aliphatic rings. The van der Waals surface area contributed by atoms with Gasteiger partial charge in [-0.3, -0.25) is 0 Å². The molecule has 1 rings (SSSR count). The van der Waals surface area contributed by atoms with E-state index in [0.717, 1.165) is 23.6 Å². The van der Waals surface area contributed by atoms with Gasteiger partial charge in [0.15, 0.2) is 0 Å². The average molecular weight is 297 g/mol. The van der Waals surface area contributed by atoms with Crippen molar-refractivity contribution in [1.29, 1.82) is 0 Å². The van der Waals surface area contributed by atoms with Gasteiger partial charge in [0.25, 0.3) is 0 Å². The summed E-state index contributed by atoms with van der Waals surface area (Å²) in [6, 6.07) is 6.93. The maximum absolute atomic E-state index is 6.46. The number of benzene rings is 1. The van der Waals surface area contributed by atoms with Crippen LogP contribution in [-0.2, 0) is 6.42 Å². The van der Waals surface area contributed by atoms with Gasteiger partial charge in [-0.2, -0.15) is 0 Å². The highest BCUT2D eigenvalue weighted by atomic mass is 35.5. The molecule has 2 atom stereocenters. The van der Waals surface area contributed by atoms with Crippen LogP contribution in [0.3, 0.4) is 0 Å². The summed E-state index contributed by atoms with van der Waals surface area (Å²) >= 11 is 6.46. The van der Waals surface area contributed by atoms with Crippen LogP contribution in [0.5, 0.6) is 0 Å². The first-order valence-electron chi connectivity index (χ1n) is 7.43. The number of rotatable bonds is 5. The molecule has 0 heterocycles. The average Bonchev–Trinajstić information content (AvgIpc) is 2.36. The van der Waals surface area contributed by atoms with Crippen molar-refractivity contribution < 1.29 is 0 Å². The summed E-state index contributed by atoms with van der Waals surface area (Å²) in [5, 5.41) is 0.810. The molecule has 1 aromatic carbocycles. The molecule has 2 unspecified atom stereocenters. The summed E-state index contributed by atoms with van der Waals surface area (Å²) in [6.45, 7) is 11.1. The lowest BCUT2D eigenvalue weighted by Gasteiger charge is -2.37. The van der Waals surface area contributed by atoms with Gasteiger partial charge in [0.1, 0.15) is 0 Å². The van der Waals surface area contributed by atoms with Crippen molar-refractivity contribution in [3.8, 4) is 0 Å². The minimum atomic E-state index is 0.210. The van der Waals surface area contributed by atoms with Crippen molar-refractivity contribution in [2.24, 2.45) is 11.1 Å². The maximum Gasteiger partial charge on any atom is 0.0642 e. The molecule has 0 aliphatic heterocycles. The second-order valence-corrected chi connectivity index (χ2v) is 7.22. The van der Waals surface area contributed by atoms with Gasteiger partial charge < -0.3 is 10.6 Å². The molecule has 0 fully saturated rings. The zero-order chi connectivity index (χ0) is 15.5. The second-order valence-electron chi connectivity index (χ2n) is 6.81. The number of halogens is 1. The molecule has 0 spiro atoms. The third-order valence-electron chi connectivity index (χ3n) is 4.25. The van der Waals surface area contributed by atoms with E-state index in [2.05, 4.69) is 64.8 Å². The fourth-order valence-electron chi connectivity index (χ4n) is 2.20. The van der Waals surface area contributed by atoms with Gasteiger partial charge in [-0.1, -0.05) is 45.4 Å². The van der Waals surface area contributed by atoms with Crippen LogP contribution in [0.2, 0.25) is 5.02 Å². The normalized spacial score (nSPS) is 15.0. The lowest BCUT2D eigenvalue weighted by Crippen LogP contribution is -2.39. The smallest absolute Gasteiger partial charge is 0.0642 e. The summed E-state index contributed by atoms with van der Waals surface area (Å²) in [6.07, 6.45) is 1.87. The van der Waals surface area contributed by atoms with Gasteiger partial charge in [-0.05, 0) is 42.9 Å². The Kier molecular flexibility index (Phi) is 5.91. The molecule has 0 saturated carbocycles. The van der Waals surface area contributed by atoms with E-state index in [-0.39, 0.29) is 11.5 Å². The first-order valence-corrected chi connectivity index (χ1v) is 7.81. The molecule has 114 valence electrons. The molecule has 0 amide bonds. The highest BCUT2D eigenvalue weighted by Gasteiger charge is 2.25. The first-order chi connectivity index (χ1) is 9.16. The molecule has 0 aliphatic carbocycles. The Morgan fingerprint density at radius 2 is 1.90 bits per heavy atom. The van der Waals surface area contributed by atoms with Crippen LogP contribution in [0.4, 0.5) is 5.69 Å². The van der Waals surface area contributed by atoms with Crippen molar-refractivity contribution in [2.45, 2.75) is 59.5 Å². The Labute approximate surface area is 129 Å². The second kappa shape index (κ2) is 6.82. The van der Waals surface area contributed by atoms with Crippen molar-refractivity contribution in [2.75, 3.05) is 11.9 Å². The summed E-state index contributed by atoms with van der Waals surface area (Å²) in [7, 11) is 2.11. The standard InChI is InChI=1S/C17H29ClN2/c1-7-14(19)10-13-8-9-16(15(18)11-13)20(6)12(2)17(3,4)5/h8-9,11-12,14H,7,10,19H2,1-6H3. The number of hydrogen-bond donors (Lipinski definition) is 1. The van der Waals surface area contributed by atoms with E-state index in [1.165, 1.54) is 5.56 Å². The minimum absolute atomic E-state index is 0.210. The van der Waals surface area contributed by atoms with Gasteiger partial charge in [-0.15, -0.1) is 0 Å². The molecule has 2 nitrogen and oxygen atoms in total. The fourth-order valence-corrected chi connectivity index (χ4v) is 2.54. The molecular formula is C17H29ClN2. The Balaban J connectivity index is 2.93. The van der Waals surface area contributed by atoms with E-state index >= 15 is 0 Å². The Morgan fingerprint density at radius 1 is 1.30 bits per heavy atom. The van der Waals surface area contributed by atoms with Gasteiger partial charge in [0, 0.05) is 19.1 Å². The van der Waals surface area contributed by atoms with Crippen LogP contribution < -0.4 is 10.6 Å². The maximum atomic E-state index is 6.46. The van der Waals surface area contributed by atoms with Crippen molar-refractivity contribution >= 4 is 17.3 Å². The van der Waals surface area contributed by atoms with E-state index in [1.54, 1.807) is 0 Å². The highest BCUT2D eigenvalue weighted by molar-refractivity contribution is 6.33. The molecular weight excluding hydrogens is 268 g/mol. The van der Waals surface area contributed by atoms with Crippen LogP contribution >= 0.6 is 11.6 Å². The predicted octanol–water partition coefficient (Wildman–Crippen LogP) is 4.49. The molecule has 2 N–H and O–H groups in total. The van der Waals surface area contributed by atoms with E-state index in [0.29, 0.717) is 6.04 Å². The van der Waals surface area contributed by atoms with Gasteiger partial charge in [0.05, 0.1) is 10.7 Å². The Hall–Kier alpha value is -0.730. The lowest BCUT2D eigenvalue weighted by atomic mass is 9.87. The van der Waals surface area contributed by atoms with Crippen LogP contribution in [0.25, 0.3) is 0 Å². The largest absolute Gasteiger partial charge is 0.370 e. The quantitative estimate of drug-likeness (QED) is 0.867. The van der Waals surface area contributed by atoms with Crippen molar-refractivity contribution in [3.63, 3.8) is 0 Å². The van der Waals surface area contributed by atoms with Crippen LogP contribution in [0, 0.1) is 5.41 Å². The lowest BCUT2D eigenvalue weighted by molar-refractivity contribution is 0.330. The van der Waals surface area contributed by atoms with Crippen LogP contribution in [0.1, 0.15) is 46.6 Å². The highest BCUT2D eigenvalue weighted by Crippen LogP contribution is 2.32. The summed E-state index contributed by atoms with van der Waals surface area (Å²) in [5.41, 5.74) is 8.51. The van der Waals surface area contributed by atoms with Gasteiger partial charge in [-0.25, -0.2) is 0 Å². The van der Waals surface area contributed by atoms with Crippen molar-refractivity contribution in [3.05, 3.63) is 28.8 Å². The molecule has 1 aromatic rings. The van der Waals surface area contributed by atoms with Gasteiger partial charge >= 0.3 is 0 Å². The number of nitrogens with zero attached hydrogens (tertiary/aromatic N) is 1. The third kappa shape index (κ3) is 4.39. The fraction of sp³-hybridized carbons (Fsp3) is 0.647. The molecule has 3 heteroatoms. The minimum Gasteiger partial charge on any atom is -0.370 e. The molecule has 0 bridgehead atoms. The van der Waals surface area contributed by atoms with Crippen molar-refractivity contribution in [1.82, 2.24) is 0 Å². The zero-order valence-electron chi connectivity index (χ0n) is 13.7. The third-order valence-corrected chi connectivity index (χ3v) is 4.55. The van der Waals surface area contributed by atoms with E-state index in [9.17, 15) is 0 Å². The Morgan fingerprint density at radius 3 is 2.35 bits per heavy atom. The zero-order valence-corrected chi connectivity index (χ0v) is 14.5. The van der Waals surface area contributed by atoms with E-state index < -0.39 is 0 Å². The number of anilines is 1. The van der Waals surface area contributed by atoms with E-state index in [1.807, 2.05) is 0 Å². The summed E-state index contributed by atoms with van der Waals surface area (Å²) in [5.74, 6) is 0. The summed E-state index contributed by atoms with van der Waals surface area (Å²) in [4.78, 5) is 2.26. The molecule has 0 aromatic heterocycles. The molecule has 0 radical (unpaired) electrons. The molecule has 20 heavy (non-hydrogen) atoms. The first kappa shape index (κ1) is 17.3. The SMILES string of the molecule is CCC(N)Cc1ccc(N(C)C(C)C(C)(C)C)c(Cl)c1. The Bertz CT molecular complexity index is 437. The van der Waals surface area contributed by atoms with Crippen LogP contribution in [0.15, 0.2) is 18.2 Å². The summed E-state index contributed by atoms with van der Waals surface area (Å²) < 4.78 is 0. The predicted molar refractivity (Wildman–Crippen MR) is 90.7 cm³/mol. The topological polar surface area (TPSA) is 29.3 Å². The van der Waals surface area contributed by atoms with Gasteiger partial charge in [0.2, 0.25) is 0 Å². The van der Waals surface area contributed by atoms with Crippen LogP contribution in [-0.4, -0.2) is 19.1 Å². The monoisotopic (exact) mass is 296 g/mol. The number of hydrogen-bond acceptors (Lipinski definition) is 2. The number of nitrogens with two attached hydrogens (primary N) is 1. The molecule has 0 saturated heterocycles. The van der Waals surface area contributed by atoms with E-state index in [4.69, 9.17) is 17.3 Å².